The molecule has 3 nitrogen and oxygen atoms in total. The van der Waals surface area contributed by atoms with Gasteiger partial charge in [0.1, 0.15) is 17.8 Å². The van der Waals surface area contributed by atoms with Crippen LogP contribution in [0.25, 0.3) is 0 Å². The van der Waals surface area contributed by atoms with Crippen LogP contribution in [0.5, 0.6) is 0 Å². The van der Waals surface area contributed by atoms with Crippen molar-refractivity contribution in [3.8, 4) is 0 Å². The first-order valence-electron chi connectivity index (χ1n) is 6.17. The van der Waals surface area contributed by atoms with Crippen LogP contribution < -0.4 is 0 Å². The Morgan fingerprint density at radius 3 is 2.19 bits per heavy atom. The van der Waals surface area contributed by atoms with Gasteiger partial charge in [0, 0.05) is 0 Å². The summed E-state index contributed by atoms with van der Waals surface area (Å²) in [4.78, 5) is 22.5. The Balaban J connectivity index is 2.63. The molecule has 0 spiro atoms. The maximum absolute atomic E-state index is 11.6. The van der Waals surface area contributed by atoms with Gasteiger partial charge in [-0.05, 0) is 38.5 Å². The zero-order valence-corrected chi connectivity index (χ0v) is 10.5. The lowest BCUT2D eigenvalue weighted by Crippen LogP contribution is -2.42. The van der Waals surface area contributed by atoms with Gasteiger partial charge in [-0.2, -0.15) is 0 Å². The molecule has 92 valence electrons. The summed E-state index contributed by atoms with van der Waals surface area (Å²) in [5.41, 5.74) is -0.315. The van der Waals surface area contributed by atoms with Crippen LogP contribution in [-0.2, 0) is 14.3 Å². The molecule has 0 heterocycles. The zero-order chi connectivity index (χ0) is 12.2. The van der Waals surface area contributed by atoms with E-state index in [1.54, 1.807) is 0 Å². The Hall–Kier alpha value is -0.860. The van der Waals surface area contributed by atoms with Crippen molar-refractivity contribution in [1.29, 1.82) is 0 Å². The lowest BCUT2D eigenvalue weighted by molar-refractivity contribution is -0.170. The van der Waals surface area contributed by atoms with Crippen LogP contribution in [0, 0.1) is 5.92 Å². The fourth-order valence-electron chi connectivity index (χ4n) is 2.41. The molecule has 0 aromatic carbocycles. The first-order valence-corrected chi connectivity index (χ1v) is 6.17. The predicted octanol–water partition coefficient (Wildman–Crippen LogP) is 2.87. The minimum absolute atomic E-state index is 0.0888. The van der Waals surface area contributed by atoms with Crippen molar-refractivity contribution in [2.24, 2.45) is 5.92 Å². The molecule has 0 aliphatic heterocycles. The standard InChI is InChI=1S/C13H22O3/c1-10(2)13(7-5-4-6-8-13)16-12(15)9-11(3)14/h10H,4-9H2,1-3H3. The van der Waals surface area contributed by atoms with Crippen LogP contribution in [0.15, 0.2) is 0 Å². The van der Waals surface area contributed by atoms with E-state index >= 15 is 0 Å². The summed E-state index contributed by atoms with van der Waals surface area (Å²) in [5.74, 6) is -0.161. The first-order chi connectivity index (χ1) is 7.46. The number of Topliss-reactive ketones (excluding diaryl/α,β-unsaturated/α-hetero) is 1. The van der Waals surface area contributed by atoms with Crippen LogP contribution in [0.1, 0.15) is 59.3 Å². The first kappa shape index (κ1) is 13.2. The number of carbonyl (C=O) groups is 2. The molecule has 0 aromatic rings. The molecule has 1 fully saturated rings. The molecule has 16 heavy (non-hydrogen) atoms. The summed E-state index contributed by atoms with van der Waals surface area (Å²) in [6.07, 6.45) is 5.24. The summed E-state index contributed by atoms with van der Waals surface area (Å²) in [5, 5.41) is 0. The van der Waals surface area contributed by atoms with Gasteiger partial charge < -0.3 is 4.74 Å². The van der Waals surface area contributed by atoms with Crippen molar-refractivity contribution in [1.82, 2.24) is 0 Å². The Morgan fingerprint density at radius 2 is 1.75 bits per heavy atom. The molecule has 1 rings (SSSR count). The molecule has 0 radical (unpaired) electrons. The quantitative estimate of drug-likeness (QED) is 0.547. The highest BCUT2D eigenvalue weighted by molar-refractivity contribution is 5.94. The van der Waals surface area contributed by atoms with E-state index < -0.39 is 0 Å². The van der Waals surface area contributed by atoms with E-state index in [9.17, 15) is 9.59 Å². The second-order valence-electron chi connectivity index (χ2n) is 5.13. The van der Waals surface area contributed by atoms with Crippen LogP contribution >= 0.6 is 0 Å². The number of hydrogen-bond acceptors (Lipinski definition) is 3. The average Bonchev–Trinajstić information content (AvgIpc) is 2.17. The van der Waals surface area contributed by atoms with Gasteiger partial charge >= 0.3 is 5.97 Å². The van der Waals surface area contributed by atoms with Crippen LogP contribution in [0.3, 0.4) is 0 Å². The highest BCUT2D eigenvalue weighted by atomic mass is 16.6. The molecule has 0 saturated heterocycles. The zero-order valence-electron chi connectivity index (χ0n) is 10.5. The number of esters is 1. The highest BCUT2D eigenvalue weighted by Gasteiger charge is 2.38. The molecule has 0 amide bonds. The van der Waals surface area contributed by atoms with Crippen LogP contribution in [0.4, 0.5) is 0 Å². The van der Waals surface area contributed by atoms with Crippen molar-refractivity contribution in [2.75, 3.05) is 0 Å². The van der Waals surface area contributed by atoms with E-state index in [4.69, 9.17) is 4.74 Å². The smallest absolute Gasteiger partial charge is 0.313 e. The summed E-state index contributed by atoms with van der Waals surface area (Å²) in [6, 6.07) is 0. The number of hydrogen-bond donors (Lipinski definition) is 0. The van der Waals surface area contributed by atoms with Crippen LogP contribution in [0.2, 0.25) is 0 Å². The van der Waals surface area contributed by atoms with Crippen molar-refractivity contribution in [3.63, 3.8) is 0 Å². The number of rotatable bonds is 4. The van der Waals surface area contributed by atoms with Crippen molar-refractivity contribution >= 4 is 11.8 Å². The predicted molar refractivity (Wildman–Crippen MR) is 62.0 cm³/mol. The van der Waals surface area contributed by atoms with Gasteiger partial charge in [-0.1, -0.05) is 20.3 Å². The van der Waals surface area contributed by atoms with Gasteiger partial charge in [0.05, 0.1) is 0 Å². The fraction of sp³-hybridized carbons (Fsp3) is 0.846. The number of ketones is 1. The van der Waals surface area contributed by atoms with E-state index in [1.165, 1.54) is 13.3 Å². The van der Waals surface area contributed by atoms with Gasteiger partial charge in [-0.15, -0.1) is 0 Å². The van der Waals surface area contributed by atoms with E-state index in [0.717, 1.165) is 25.7 Å². The third kappa shape index (κ3) is 3.32. The summed E-state index contributed by atoms with van der Waals surface area (Å²) in [6.45, 7) is 5.60. The van der Waals surface area contributed by atoms with E-state index in [2.05, 4.69) is 13.8 Å². The maximum atomic E-state index is 11.6. The van der Waals surface area contributed by atoms with Crippen molar-refractivity contribution < 1.29 is 14.3 Å². The molecule has 0 aromatic heterocycles. The normalized spacial score (nSPS) is 19.5. The summed E-state index contributed by atoms with van der Waals surface area (Å²) >= 11 is 0. The van der Waals surface area contributed by atoms with E-state index in [0.29, 0.717) is 5.92 Å². The topological polar surface area (TPSA) is 43.4 Å². The lowest BCUT2D eigenvalue weighted by atomic mass is 9.77. The minimum Gasteiger partial charge on any atom is -0.458 e. The largest absolute Gasteiger partial charge is 0.458 e. The molecule has 1 aliphatic carbocycles. The molecule has 3 heteroatoms. The molecule has 0 bridgehead atoms. The second-order valence-corrected chi connectivity index (χ2v) is 5.13. The molecule has 0 unspecified atom stereocenters. The van der Waals surface area contributed by atoms with E-state index in [-0.39, 0.29) is 23.8 Å². The van der Waals surface area contributed by atoms with Crippen molar-refractivity contribution in [2.45, 2.75) is 64.9 Å². The fourth-order valence-corrected chi connectivity index (χ4v) is 2.41. The number of carbonyl (C=O) groups excluding carboxylic acids is 2. The highest BCUT2D eigenvalue weighted by Crippen LogP contribution is 2.37. The number of ether oxygens (including phenoxy) is 1. The summed E-state index contributed by atoms with van der Waals surface area (Å²) < 4.78 is 5.59. The Morgan fingerprint density at radius 1 is 1.19 bits per heavy atom. The lowest BCUT2D eigenvalue weighted by Gasteiger charge is -2.40. The third-order valence-corrected chi connectivity index (χ3v) is 3.46. The summed E-state index contributed by atoms with van der Waals surface area (Å²) in [7, 11) is 0. The van der Waals surface area contributed by atoms with Gasteiger partial charge in [0.15, 0.2) is 0 Å². The monoisotopic (exact) mass is 226 g/mol. The SMILES string of the molecule is CC(=O)CC(=O)OC1(C(C)C)CCCCC1. The molecule has 1 aliphatic rings. The average molecular weight is 226 g/mol. The molecule has 0 atom stereocenters. The molecular weight excluding hydrogens is 204 g/mol. The van der Waals surface area contributed by atoms with Crippen LogP contribution in [-0.4, -0.2) is 17.4 Å². The maximum Gasteiger partial charge on any atom is 0.313 e. The Kier molecular flexibility index (Phi) is 4.51. The van der Waals surface area contributed by atoms with Gasteiger partial charge in [-0.25, -0.2) is 0 Å². The molecule has 1 saturated carbocycles. The second kappa shape index (κ2) is 5.46. The molecular formula is C13H22O3. The molecule has 0 N–H and O–H groups in total. The van der Waals surface area contributed by atoms with Crippen molar-refractivity contribution in [3.05, 3.63) is 0 Å². The van der Waals surface area contributed by atoms with E-state index in [1.807, 2.05) is 0 Å². The minimum atomic E-state index is -0.358. The van der Waals surface area contributed by atoms with Gasteiger partial charge in [0.25, 0.3) is 0 Å². The Labute approximate surface area is 97.5 Å². The third-order valence-electron chi connectivity index (χ3n) is 3.46. The Bertz CT molecular complexity index is 262. The van der Waals surface area contributed by atoms with Gasteiger partial charge in [0.2, 0.25) is 0 Å². The van der Waals surface area contributed by atoms with Gasteiger partial charge in [-0.3, -0.25) is 9.59 Å².